The Hall–Kier alpha value is -0.220. The van der Waals surface area contributed by atoms with Crippen molar-refractivity contribution in [2.24, 2.45) is 5.14 Å². The summed E-state index contributed by atoms with van der Waals surface area (Å²) in [7, 11) is -6.92. The highest BCUT2D eigenvalue weighted by molar-refractivity contribution is 7.89. The molecule has 1 heterocycles. The third-order valence-electron chi connectivity index (χ3n) is 2.36. The van der Waals surface area contributed by atoms with E-state index in [4.69, 9.17) is 9.88 Å². The van der Waals surface area contributed by atoms with Gasteiger partial charge in [0.1, 0.15) is 0 Å². The number of hydrogen-bond donors (Lipinski definition) is 2. The van der Waals surface area contributed by atoms with Gasteiger partial charge in [0, 0.05) is 13.2 Å². The van der Waals surface area contributed by atoms with Crippen LogP contribution in [0.5, 0.6) is 0 Å². The van der Waals surface area contributed by atoms with E-state index in [0.717, 1.165) is 12.8 Å². The fourth-order valence-electron chi connectivity index (χ4n) is 1.58. The summed E-state index contributed by atoms with van der Waals surface area (Å²) in [4.78, 5) is 0. The Balaban J connectivity index is 2.25. The van der Waals surface area contributed by atoms with Crippen LogP contribution in [-0.4, -0.2) is 47.6 Å². The molecule has 0 amide bonds. The van der Waals surface area contributed by atoms with E-state index >= 15 is 0 Å². The molecule has 0 bridgehead atoms. The Bertz CT molecular complexity index is 425. The number of nitrogens with one attached hydrogen (secondary N) is 1. The number of rotatable bonds is 7. The molecule has 0 spiro atoms. The van der Waals surface area contributed by atoms with Crippen LogP contribution < -0.4 is 9.86 Å². The van der Waals surface area contributed by atoms with Gasteiger partial charge in [0.2, 0.25) is 20.0 Å². The molecule has 7 nitrogen and oxygen atoms in total. The van der Waals surface area contributed by atoms with Crippen LogP contribution >= 0.6 is 0 Å². The second kappa shape index (κ2) is 6.10. The van der Waals surface area contributed by atoms with Gasteiger partial charge in [0.15, 0.2) is 0 Å². The Morgan fingerprint density at radius 2 is 2.00 bits per heavy atom. The minimum Gasteiger partial charge on any atom is -0.377 e. The highest BCUT2D eigenvalue weighted by Gasteiger charge is 2.22. The summed E-state index contributed by atoms with van der Waals surface area (Å²) in [6.07, 6.45) is 1.55. The molecule has 0 aliphatic carbocycles. The zero-order chi connectivity index (χ0) is 12.9. The van der Waals surface area contributed by atoms with Gasteiger partial charge in [-0.25, -0.2) is 26.7 Å². The standard InChI is InChI=1S/C8H18N2O5S2/c9-16(11,12)6-2-4-10-17(13,14)7-8-3-1-5-15-8/h8,10H,1-7H2,(H2,9,11,12). The Morgan fingerprint density at radius 1 is 1.29 bits per heavy atom. The van der Waals surface area contributed by atoms with Gasteiger partial charge < -0.3 is 4.74 Å². The highest BCUT2D eigenvalue weighted by atomic mass is 32.2. The first-order valence-corrected chi connectivity index (χ1v) is 8.75. The van der Waals surface area contributed by atoms with E-state index in [2.05, 4.69) is 4.72 Å². The minimum absolute atomic E-state index is 0.0671. The van der Waals surface area contributed by atoms with Crippen LogP contribution in [0.25, 0.3) is 0 Å². The van der Waals surface area contributed by atoms with Crippen LogP contribution in [-0.2, 0) is 24.8 Å². The molecule has 1 unspecified atom stereocenters. The average Bonchev–Trinajstić information content (AvgIpc) is 2.63. The van der Waals surface area contributed by atoms with Gasteiger partial charge in [-0.3, -0.25) is 0 Å². The molecule has 3 N–H and O–H groups in total. The molecule has 9 heteroatoms. The first kappa shape index (κ1) is 14.8. The molecule has 102 valence electrons. The lowest BCUT2D eigenvalue weighted by Gasteiger charge is -2.10. The molecule has 0 saturated carbocycles. The lowest BCUT2D eigenvalue weighted by Crippen LogP contribution is -2.33. The maximum atomic E-state index is 11.5. The van der Waals surface area contributed by atoms with Crippen molar-refractivity contribution in [1.29, 1.82) is 0 Å². The van der Waals surface area contributed by atoms with Gasteiger partial charge in [-0.2, -0.15) is 0 Å². The van der Waals surface area contributed by atoms with Crippen molar-refractivity contribution in [2.45, 2.75) is 25.4 Å². The molecule has 1 aliphatic heterocycles. The van der Waals surface area contributed by atoms with Crippen molar-refractivity contribution in [3.05, 3.63) is 0 Å². The Labute approximate surface area is 102 Å². The minimum atomic E-state index is -3.52. The quantitative estimate of drug-likeness (QED) is 0.568. The molecule has 17 heavy (non-hydrogen) atoms. The van der Waals surface area contributed by atoms with Gasteiger partial charge in [-0.05, 0) is 19.3 Å². The monoisotopic (exact) mass is 286 g/mol. The van der Waals surface area contributed by atoms with Crippen molar-refractivity contribution < 1.29 is 21.6 Å². The van der Waals surface area contributed by atoms with Crippen molar-refractivity contribution in [3.63, 3.8) is 0 Å². The summed E-state index contributed by atoms with van der Waals surface area (Å²) in [6, 6.07) is 0. The summed E-state index contributed by atoms with van der Waals surface area (Å²) in [5, 5.41) is 4.79. The van der Waals surface area contributed by atoms with E-state index in [1.807, 2.05) is 0 Å². The number of hydrogen-bond acceptors (Lipinski definition) is 5. The molecular formula is C8H18N2O5S2. The smallest absolute Gasteiger partial charge is 0.214 e. The maximum absolute atomic E-state index is 11.5. The molecule has 0 aromatic rings. The predicted octanol–water partition coefficient (Wildman–Crippen LogP) is -1.24. The first-order chi connectivity index (χ1) is 7.79. The van der Waals surface area contributed by atoms with Gasteiger partial charge >= 0.3 is 0 Å². The van der Waals surface area contributed by atoms with Gasteiger partial charge in [0.05, 0.1) is 17.6 Å². The highest BCUT2D eigenvalue weighted by Crippen LogP contribution is 2.13. The third-order valence-corrected chi connectivity index (χ3v) is 4.67. The number of primary sulfonamides is 1. The number of ether oxygens (including phenoxy) is 1. The van der Waals surface area contributed by atoms with E-state index in [-0.39, 0.29) is 30.6 Å². The Morgan fingerprint density at radius 3 is 2.53 bits per heavy atom. The Kier molecular flexibility index (Phi) is 5.32. The van der Waals surface area contributed by atoms with Crippen LogP contribution in [0.4, 0.5) is 0 Å². The van der Waals surface area contributed by atoms with E-state index in [1.165, 1.54) is 0 Å². The molecule has 0 aromatic carbocycles. The van der Waals surface area contributed by atoms with Crippen molar-refractivity contribution in [1.82, 2.24) is 4.72 Å². The molecule has 0 aromatic heterocycles. The fraction of sp³-hybridized carbons (Fsp3) is 1.00. The van der Waals surface area contributed by atoms with Crippen LogP contribution in [0, 0.1) is 0 Å². The number of sulfonamides is 2. The summed E-state index contributed by atoms with van der Waals surface area (Å²) >= 11 is 0. The predicted molar refractivity (Wildman–Crippen MR) is 63.4 cm³/mol. The first-order valence-electron chi connectivity index (χ1n) is 5.38. The lowest BCUT2D eigenvalue weighted by molar-refractivity contribution is 0.127. The van der Waals surface area contributed by atoms with Gasteiger partial charge in [0.25, 0.3) is 0 Å². The van der Waals surface area contributed by atoms with Gasteiger partial charge in [-0.15, -0.1) is 0 Å². The van der Waals surface area contributed by atoms with Crippen molar-refractivity contribution in [3.8, 4) is 0 Å². The molecule has 1 saturated heterocycles. The summed E-state index contributed by atoms with van der Waals surface area (Å²) < 4.78 is 51.9. The topological polar surface area (TPSA) is 116 Å². The molecule has 1 aliphatic rings. The average molecular weight is 286 g/mol. The van der Waals surface area contributed by atoms with Crippen LogP contribution in [0.1, 0.15) is 19.3 Å². The van der Waals surface area contributed by atoms with Crippen LogP contribution in [0.3, 0.4) is 0 Å². The fourth-order valence-corrected chi connectivity index (χ4v) is 3.45. The zero-order valence-electron chi connectivity index (χ0n) is 9.46. The SMILES string of the molecule is NS(=O)(=O)CCCNS(=O)(=O)CC1CCCO1. The summed E-state index contributed by atoms with van der Waals surface area (Å²) in [5.74, 6) is -0.294. The van der Waals surface area contributed by atoms with E-state index < -0.39 is 20.0 Å². The number of nitrogens with two attached hydrogens (primary N) is 1. The zero-order valence-corrected chi connectivity index (χ0v) is 11.1. The van der Waals surface area contributed by atoms with Crippen LogP contribution in [0.2, 0.25) is 0 Å². The van der Waals surface area contributed by atoms with Crippen LogP contribution in [0.15, 0.2) is 0 Å². The van der Waals surface area contributed by atoms with E-state index in [1.54, 1.807) is 0 Å². The third kappa shape index (κ3) is 6.94. The maximum Gasteiger partial charge on any atom is 0.214 e. The summed E-state index contributed by atoms with van der Waals surface area (Å²) in [6.45, 7) is 0.678. The normalized spacial score (nSPS) is 21.8. The lowest BCUT2D eigenvalue weighted by atomic mass is 10.3. The summed E-state index contributed by atoms with van der Waals surface area (Å²) in [5.41, 5.74) is 0. The largest absolute Gasteiger partial charge is 0.377 e. The van der Waals surface area contributed by atoms with Gasteiger partial charge in [-0.1, -0.05) is 0 Å². The molecule has 1 atom stereocenters. The second-order valence-electron chi connectivity index (χ2n) is 4.03. The van der Waals surface area contributed by atoms with Crippen molar-refractivity contribution >= 4 is 20.0 Å². The van der Waals surface area contributed by atoms with E-state index in [0.29, 0.717) is 6.61 Å². The molecular weight excluding hydrogens is 268 g/mol. The second-order valence-corrected chi connectivity index (χ2v) is 7.62. The molecule has 0 radical (unpaired) electrons. The molecule has 1 fully saturated rings. The van der Waals surface area contributed by atoms with Crippen molar-refractivity contribution in [2.75, 3.05) is 24.7 Å². The van der Waals surface area contributed by atoms with E-state index in [9.17, 15) is 16.8 Å². The molecule has 1 rings (SSSR count).